The second-order valence-electron chi connectivity index (χ2n) is 4.94. The molecular weight excluding hydrogens is 358 g/mol. The van der Waals surface area contributed by atoms with Crippen molar-refractivity contribution >= 4 is 23.8 Å². The van der Waals surface area contributed by atoms with E-state index in [2.05, 4.69) is 4.74 Å². The zero-order valence-electron chi connectivity index (χ0n) is 14.2. The second-order valence-corrected chi connectivity index (χ2v) is 4.94. The first-order valence-corrected chi connectivity index (χ1v) is 7.46. The first-order chi connectivity index (χ1) is 12.7. The number of amides is 1. The van der Waals surface area contributed by atoms with Crippen molar-refractivity contribution in [2.45, 2.75) is 6.92 Å². The number of nitrogens with two attached hydrogens (primary N) is 1. The average Bonchev–Trinajstić information content (AvgIpc) is 2.60. The molecule has 2 rings (SSSR count). The molecule has 0 saturated heterocycles. The number of carbonyl (C=O) groups is 4. The van der Waals surface area contributed by atoms with Gasteiger partial charge in [0.2, 0.25) is 0 Å². The number of ether oxygens (including phenoxy) is 2. The second kappa shape index (κ2) is 10.2. The van der Waals surface area contributed by atoms with Gasteiger partial charge >= 0.3 is 17.9 Å². The Morgan fingerprint density at radius 2 is 1.41 bits per heavy atom. The highest BCUT2D eigenvalue weighted by Gasteiger charge is 2.11. The van der Waals surface area contributed by atoms with Gasteiger partial charge in [-0.2, -0.15) is 0 Å². The maximum Gasteiger partial charge on any atom is 0.341 e. The fraction of sp³-hybridized carbons (Fsp3) is 0.111. The van der Waals surface area contributed by atoms with Crippen molar-refractivity contribution in [2.24, 2.45) is 5.73 Å². The van der Waals surface area contributed by atoms with Gasteiger partial charge in [0.15, 0.2) is 6.61 Å². The van der Waals surface area contributed by atoms with Crippen LogP contribution in [0.15, 0.2) is 48.5 Å². The Bertz CT molecular complexity index is 847. The van der Waals surface area contributed by atoms with Crippen LogP contribution in [0.4, 0.5) is 0 Å². The Morgan fingerprint density at radius 3 is 1.89 bits per heavy atom. The summed E-state index contributed by atoms with van der Waals surface area (Å²) in [6, 6.07) is 12.2. The summed E-state index contributed by atoms with van der Waals surface area (Å²) in [7, 11) is 0. The summed E-state index contributed by atoms with van der Waals surface area (Å²) in [5.74, 6) is -3.15. The van der Waals surface area contributed by atoms with Crippen molar-refractivity contribution in [3.05, 3.63) is 59.7 Å². The summed E-state index contributed by atoms with van der Waals surface area (Å²) in [6.45, 7) is 0.725. The van der Waals surface area contributed by atoms with E-state index >= 15 is 0 Å². The fourth-order valence-electron chi connectivity index (χ4n) is 1.82. The quantitative estimate of drug-likeness (QED) is 0.508. The van der Waals surface area contributed by atoms with Crippen LogP contribution in [-0.2, 0) is 9.59 Å². The minimum absolute atomic E-state index is 0.0160. The number of aliphatic carboxylic acids is 1. The molecule has 0 radical (unpaired) electrons. The first kappa shape index (κ1) is 21.2. The lowest BCUT2D eigenvalue weighted by Gasteiger charge is -2.06. The lowest BCUT2D eigenvalue weighted by atomic mass is 10.2. The third-order valence-corrected chi connectivity index (χ3v) is 2.87. The molecule has 0 aromatic heterocycles. The molecular formula is C18H17NO8. The van der Waals surface area contributed by atoms with E-state index in [0.29, 0.717) is 0 Å². The van der Waals surface area contributed by atoms with E-state index in [1.54, 1.807) is 24.3 Å². The maximum atomic E-state index is 10.9. The lowest BCUT2D eigenvalue weighted by molar-refractivity contribution is -0.139. The van der Waals surface area contributed by atoms with Gasteiger partial charge in [0.25, 0.3) is 5.91 Å². The van der Waals surface area contributed by atoms with E-state index in [0.717, 1.165) is 0 Å². The zero-order chi connectivity index (χ0) is 20.4. The first-order valence-electron chi connectivity index (χ1n) is 7.46. The standard InChI is InChI=1S/C9H9NO4.C9H8O4/c10-9(13)6-3-1-2-4-7(6)14-5-8(11)12;1-6(10)13-8-5-3-2-4-7(8)9(11)12/h1-4H,5H2,(H2,10,13)(H,11,12);2-5H,1H3,(H,11,12). The Labute approximate surface area is 153 Å². The number of primary amides is 1. The van der Waals surface area contributed by atoms with Crippen molar-refractivity contribution in [3.63, 3.8) is 0 Å². The third-order valence-electron chi connectivity index (χ3n) is 2.87. The molecule has 9 nitrogen and oxygen atoms in total. The summed E-state index contributed by atoms with van der Waals surface area (Å²) in [4.78, 5) is 42.3. The van der Waals surface area contributed by atoms with E-state index in [-0.39, 0.29) is 22.6 Å². The fourth-order valence-corrected chi connectivity index (χ4v) is 1.82. The third kappa shape index (κ3) is 7.26. The van der Waals surface area contributed by atoms with Gasteiger partial charge in [0.1, 0.15) is 17.1 Å². The Balaban J connectivity index is 0.000000271. The number of carbonyl (C=O) groups excluding carboxylic acids is 2. The summed E-state index contributed by atoms with van der Waals surface area (Å²) < 4.78 is 9.55. The molecule has 9 heteroatoms. The van der Waals surface area contributed by atoms with Gasteiger partial charge in [-0.3, -0.25) is 9.59 Å². The predicted molar refractivity (Wildman–Crippen MR) is 92.8 cm³/mol. The van der Waals surface area contributed by atoms with Crippen molar-refractivity contribution in [3.8, 4) is 11.5 Å². The molecule has 142 valence electrons. The molecule has 2 aromatic rings. The van der Waals surface area contributed by atoms with Crippen LogP contribution in [0, 0.1) is 0 Å². The molecule has 0 unspecified atom stereocenters. The Kier molecular flexibility index (Phi) is 7.99. The van der Waals surface area contributed by atoms with Gasteiger partial charge in [0, 0.05) is 6.92 Å². The molecule has 0 aliphatic carbocycles. The molecule has 0 bridgehead atoms. The highest BCUT2D eigenvalue weighted by molar-refractivity contribution is 5.95. The van der Waals surface area contributed by atoms with Crippen LogP contribution >= 0.6 is 0 Å². The van der Waals surface area contributed by atoms with Crippen molar-refractivity contribution in [1.82, 2.24) is 0 Å². The van der Waals surface area contributed by atoms with Gasteiger partial charge < -0.3 is 25.4 Å². The number of carboxylic acid groups (broad SMARTS) is 2. The molecule has 2 aromatic carbocycles. The zero-order valence-corrected chi connectivity index (χ0v) is 14.2. The smallest absolute Gasteiger partial charge is 0.341 e. The van der Waals surface area contributed by atoms with Crippen LogP contribution in [0.1, 0.15) is 27.6 Å². The van der Waals surface area contributed by atoms with Crippen LogP contribution in [0.5, 0.6) is 11.5 Å². The van der Waals surface area contributed by atoms with Crippen molar-refractivity contribution in [2.75, 3.05) is 6.61 Å². The van der Waals surface area contributed by atoms with E-state index in [9.17, 15) is 19.2 Å². The van der Waals surface area contributed by atoms with Crippen molar-refractivity contribution in [1.29, 1.82) is 0 Å². The highest BCUT2D eigenvalue weighted by Crippen LogP contribution is 2.18. The highest BCUT2D eigenvalue weighted by atomic mass is 16.5. The molecule has 0 aliphatic rings. The molecule has 0 spiro atoms. The maximum absolute atomic E-state index is 10.9. The van der Waals surface area contributed by atoms with Gasteiger partial charge in [0.05, 0.1) is 5.56 Å². The van der Waals surface area contributed by atoms with Crippen LogP contribution in [0.3, 0.4) is 0 Å². The minimum atomic E-state index is -1.11. The topological polar surface area (TPSA) is 153 Å². The van der Waals surface area contributed by atoms with Crippen molar-refractivity contribution < 1.29 is 38.9 Å². The summed E-state index contributed by atoms with van der Waals surface area (Å²) >= 11 is 0. The predicted octanol–water partition coefficient (Wildman–Crippen LogP) is 1.56. The molecule has 0 fully saturated rings. The van der Waals surface area contributed by atoms with E-state index in [4.69, 9.17) is 20.7 Å². The number of carboxylic acids is 2. The number of esters is 1. The number of rotatable bonds is 6. The van der Waals surface area contributed by atoms with E-state index in [1.807, 2.05) is 0 Å². The molecule has 0 heterocycles. The van der Waals surface area contributed by atoms with Gasteiger partial charge in [-0.1, -0.05) is 24.3 Å². The minimum Gasteiger partial charge on any atom is -0.481 e. The number of para-hydroxylation sites is 2. The van der Waals surface area contributed by atoms with Crippen LogP contribution in [0.25, 0.3) is 0 Å². The summed E-state index contributed by atoms with van der Waals surface area (Å²) in [5.41, 5.74) is 5.21. The molecule has 0 aliphatic heterocycles. The monoisotopic (exact) mass is 375 g/mol. The van der Waals surface area contributed by atoms with Gasteiger partial charge in [-0.15, -0.1) is 0 Å². The van der Waals surface area contributed by atoms with Gasteiger partial charge in [-0.05, 0) is 24.3 Å². The number of benzene rings is 2. The molecule has 0 atom stereocenters. The number of hydrogen-bond acceptors (Lipinski definition) is 6. The largest absolute Gasteiger partial charge is 0.481 e. The summed E-state index contributed by atoms with van der Waals surface area (Å²) in [5, 5.41) is 17.1. The molecule has 1 amide bonds. The average molecular weight is 375 g/mol. The number of hydrogen-bond donors (Lipinski definition) is 3. The van der Waals surface area contributed by atoms with E-state index in [1.165, 1.54) is 31.2 Å². The lowest BCUT2D eigenvalue weighted by Crippen LogP contribution is -2.15. The normalized spacial score (nSPS) is 9.37. The summed E-state index contributed by atoms with van der Waals surface area (Å²) in [6.07, 6.45) is 0. The Morgan fingerprint density at radius 1 is 0.889 bits per heavy atom. The van der Waals surface area contributed by atoms with E-state index < -0.39 is 30.4 Å². The molecule has 0 saturated carbocycles. The van der Waals surface area contributed by atoms with Gasteiger partial charge in [-0.25, -0.2) is 9.59 Å². The number of aromatic carboxylic acids is 1. The SMILES string of the molecule is CC(=O)Oc1ccccc1C(=O)O.NC(=O)c1ccccc1OCC(=O)O. The van der Waals surface area contributed by atoms with Crippen LogP contribution in [0.2, 0.25) is 0 Å². The Hall–Kier alpha value is -3.88. The van der Waals surface area contributed by atoms with Crippen LogP contribution in [-0.4, -0.2) is 40.6 Å². The molecule has 4 N–H and O–H groups in total. The van der Waals surface area contributed by atoms with Crippen LogP contribution < -0.4 is 15.2 Å². The molecule has 27 heavy (non-hydrogen) atoms.